The molecule has 0 atom stereocenters. The van der Waals surface area contributed by atoms with Gasteiger partial charge in [-0.15, -0.1) is 0 Å². The van der Waals surface area contributed by atoms with Crippen LogP contribution in [-0.2, 0) is 0 Å². The second-order valence-electron chi connectivity index (χ2n) is 10.6. The van der Waals surface area contributed by atoms with Gasteiger partial charge in [0.2, 0.25) is 0 Å². The molecule has 6 heterocycles. The standard InChI is InChI=1S/C10H11N3O3.C10H13N3O.C6H4N2O4.C4H9N.BH.U/c14-10(12-3-1-2-4-12)8-5-9(13(15)16)7-11-6-8;11-9-5-8(6-12-7-9)10(14)13-3-1-2-4-13;9-6(10)4-1-5(8(11)12)3-7-2-4;1-2-4-5-3-1;;/h5-7H,1-4H2;5-7H,1-4,11H2;1-3H,(H,9,10);5H,1-4H2;1H;/i;;;;1T;. The third-order valence-electron chi connectivity index (χ3n) is 7.11. The number of aromatic nitrogens is 3. The van der Waals surface area contributed by atoms with Crippen LogP contribution in [0, 0.1) is 51.3 Å². The molecule has 3 saturated heterocycles. The van der Waals surface area contributed by atoms with E-state index in [0.29, 0.717) is 11.3 Å². The predicted molar refractivity (Wildman–Crippen MR) is 177 cm³/mol. The number of carboxylic acids is 1. The zero-order chi connectivity index (χ0) is 36.2. The van der Waals surface area contributed by atoms with E-state index < -0.39 is 15.8 Å². The second kappa shape index (κ2) is 22.2. The van der Waals surface area contributed by atoms with Crippen molar-refractivity contribution in [1.82, 2.24) is 30.1 Å². The molecule has 2 amide bonds. The molecule has 4 N–H and O–H groups in total. The van der Waals surface area contributed by atoms with Crippen molar-refractivity contribution >= 4 is 43.2 Å². The first-order chi connectivity index (χ1) is 23.6. The molecule has 258 valence electrons. The fraction of sp³-hybridized carbons (Fsp3) is 0.400. The average Bonchev–Trinajstić information content (AvgIpc) is 3.95. The van der Waals surface area contributed by atoms with E-state index in [4.69, 9.17) is 12.2 Å². The Bertz CT molecular complexity index is 1520. The van der Waals surface area contributed by atoms with Crippen LogP contribution in [0.4, 0.5) is 17.1 Å². The summed E-state index contributed by atoms with van der Waals surface area (Å²) in [4.78, 5) is 68.0. The molecular formula is C30H38BN9O8U. The largest absolute Gasteiger partial charge is 0.478 e. The number of pyridine rings is 3. The zero-order valence-electron chi connectivity index (χ0n) is 27.8. The first-order valence-electron chi connectivity index (χ1n) is 15.6. The van der Waals surface area contributed by atoms with Crippen LogP contribution in [0.3, 0.4) is 0 Å². The molecule has 0 aliphatic carbocycles. The van der Waals surface area contributed by atoms with Gasteiger partial charge in [-0.05, 0) is 59.0 Å². The minimum absolute atomic E-state index is 0. The van der Waals surface area contributed by atoms with E-state index in [1.54, 1.807) is 23.4 Å². The number of anilines is 1. The van der Waals surface area contributed by atoms with Gasteiger partial charge < -0.3 is 26.0 Å². The Kier molecular flexibility index (Phi) is 18.5. The monoisotopic (exact) mass is 903 g/mol. The zero-order valence-corrected chi connectivity index (χ0v) is 30.9. The van der Waals surface area contributed by atoms with Gasteiger partial charge >= 0.3 is 5.97 Å². The van der Waals surface area contributed by atoms with E-state index in [9.17, 15) is 34.6 Å². The van der Waals surface area contributed by atoms with Gasteiger partial charge in [0.1, 0.15) is 12.4 Å². The van der Waals surface area contributed by atoms with Crippen molar-refractivity contribution in [2.45, 2.75) is 38.5 Å². The summed E-state index contributed by atoms with van der Waals surface area (Å²) in [6.45, 7) is 5.66. The summed E-state index contributed by atoms with van der Waals surface area (Å²) in [5.41, 5.74) is 6.31. The van der Waals surface area contributed by atoms with Crippen LogP contribution in [0.1, 0.15) is 69.6 Å². The van der Waals surface area contributed by atoms with Gasteiger partial charge in [0, 0.05) is 103 Å². The first kappa shape index (κ1) is 40.7. The maximum absolute atomic E-state index is 11.9. The number of nitro groups is 2. The quantitative estimate of drug-likeness (QED) is 0.190. The van der Waals surface area contributed by atoms with Crippen molar-refractivity contribution in [3.63, 3.8) is 0 Å². The van der Waals surface area contributed by atoms with E-state index >= 15 is 0 Å². The van der Waals surface area contributed by atoms with Crippen molar-refractivity contribution in [2.24, 2.45) is 0 Å². The van der Waals surface area contributed by atoms with E-state index in [1.165, 1.54) is 38.2 Å². The van der Waals surface area contributed by atoms with Crippen molar-refractivity contribution in [1.29, 1.82) is 1.34 Å². The Labute approximate surface area is 309 Å². The van der Waals surface area contributed by atoms with Crippen molar-refractivity contribution in [3.05, 3.63) is 92.3 Å². The molecule has 0 bridgehead atoms. The van der Waals surface area contributed by atoms with Crippen LogP contribution in [0.25, 0.3) is 0 Å². The van der Waals surface area contributed by atoms with E-state index in [0.717, 1.165) is 76.5 Å². The summed E-state index contributed by atoms with van der Waals surface area (Å²) in [7, 11) is 3.75. The maximum Gasteiger partial charge on any atom is 0.337 e. The smallest absolute Gasteiger partial charge is 0.337 e. The minimum atomic E-state index is -1.23. The number of nitrogen functional groups attached to an aromatic ring is 1. The summed E-state index contributed by atoms with van der Waals surface area (Å²) in [6.07, 6.45) is 14.6. The van der Waals surface area contributed by atoms with E-state index in [1.807, 2.05) is 4.90 Å². The Hall–Kier alpha value is -4.46. The first-order valence-corrected chi connectivity index (χ1v) is 15.0. The minimum Gasteiger partial charge on any atom is -0.478 e. The maximum atomic E-state index is 11.9. The van der Waals surface area contributed by atoms with Crippen LogP contribution in [0.5, 0.6) is 0 Å². The van der Waals surface area contributed by atoms with Crippen LogP contribution in [0.15, 0.2) is 55.4 Å². The van der Waals surface area contributed by atoms with Gasteiger partial charge in [-0.2, -0.15) is 0 Å². The number of amides is 2. The molecule has 3 aromatic rings. The third-order valence-corrected chi connectivity index (χ3v) is 7.11. The Morgan fingerprint density at radius 3 is 1.47 bits per heavy atom. The summed E-state index contributed by atoms with van der Waals surface area (Å²) in [6, 6.07) is 3.90. The van der Waals surface area contributed by atoms with Crippen LogP contribution >= 0.6 is 0 Å². The molecule has 3 fully saturated rings. The Balaban J connectivity index is 0.000000341. The molecule has 3 aliphatic rings. The number of hydrogen-bond acceptors (Lipinski definition) is 12. The molecule has 19 heteroatoms. The van der Waals surface area contributed by atoms with Gasteiger partial charge in [-0.3, -0.25) is 44.8 Å². The molecule has 17 nitrogen and oxygen atoms in total. The molecule has 0 spiro atoms. The molecule has 0 saturated carbocycles. The van der Waals surface area contributed by atoms with Gasteiger partial charge in [0.05, 0.1) is 32.2 Å². The number of nitrogens with zero attached hydrogens (tertiary/aromatic N) is 7. The molecule has 3 aliphatic heterocycles. The molecule has 6 rings (SSSR count). The summed E-state index contributed by atoms with van der Waals surface area (Å²) in [5, 5.41) is 32.3. The number of nitrogens with two attached hydrogens (primary N) is 1. The number of rotatable bonds is 5. The number of carbonyl (C=O) groups is 3. The summed E-state index contributed by atoms with van der Waals surface area (Å²) < 4.78 is 5.25. The number of aromatic carboxylic acids is 1. The van der Waals surface area contributed by atoms with E-state index in [2.05, 4.69) is 28.6 Å². The van der Waals surface area contributed by atoms with Crippen molar-refractivity contribution in [2.75, 3.05) is 45.0 Å². The SMILES string of the molecule is C1CCNC1.Nc1cncc(C(=O)N2CCCC2)c1.O=C(O)c1cncc([N+](=O)[O-])c1.O=C(c1cncc([N+](=O)[O-])c1)N1CCCC1.[3H][B].[U]. The van der Waals surface area contributed by atoms with Gasteiger partial charge in [0.15, 0.2) is 0 Å². The van der Waals surface area contributed by atoms with Crippen LogP contribution in [-0.4, -0.2) is 106 Å². The number of carboxylic acid groups (broad SMARTS) is 1. The summed E-state index contributed by atoms with van der Waals surface area (Å²) >= 11 is 0. The molecule has 3 aromatic heterocycles. The fourth-order valence-electron chi connectivity index (χ4n) is 4.69. The Morgan fingerprint density at radius 1 is 0.714 bits per heavy atom. The number of nitrogens with one attached hydrogen (secondary N) is 1. The number of likely N-dealkylation sites (tertiary alicyclic amines) is 2. The topological polar surface area (TPSA) is 241 Å². The Morgan fingerprint density at radius 2 is 1.10 bits per heavy atom. The molecule has 49 heavy (non-hydrogen) atoms. The predicted octanol–water partition coefficient (Wildman–Crippen LogP) is 2.53. The molecule has 0 unspecified atom stereocenters. The molecule has 0 aromatic carbocycles. The average molecular weight is 904 g/mol. The van der Waals surface area contributed by atoms with Crippen molar-refractivity contribution in [3.8, 4) is 0 Å². The third kappa shape index (κ3) is 14.3. The van der Waals surface area contributed by atoms with Crippen LogP contribution < -0.4 is 11.1 Å². The second-order valence-corrected chi connectivity index (χ2v) is 10.6. The summed E-state index contributed by atoms with van der Waals surface area (Å²) in [5.74, 6) is -1.36. The van der Waals surface area contributed by atoms with Gasteiger partial charge in [-0.1, -0.05) is 0 Å². The van der Waals surface area contributed by atoms with Gasteiger partial charge in [-0.25, -0.2) is 4.79 Å². The van der Waals surface area contributed by atoms with Gasteiger partial charge in [0.25, 0.3) is 23.2 Å². The van der Waals surface area contributed by atoms with Crippen molar-refractivity contribution < 1.29 is 60.4 Å². The van der Waals surface area contributed by atoms with E-state index in [-0.39, 0.29) is 65.4 Å². The van der Waals surface area contributed by atoms with Crippen LogP contribution in [0.2, 0.25) is 0 Å². The fourth-order valence-corrected chi connectivity index (χ4v) is 4.69. The normalized spacial score (nSPS) is 14.3. The number of hydrogen-bond donors (Lipinski definition) is 3. The number of carbonyl (C=O) groups excluding carboxylic acids is 2. The molecular weight excluding hydrogens is 863 g/mol. The molecule has 2 radical (unpaired) electrons.